The number of carbonyl (C=O) groups excluding carboxylic acids is 1. The van der Waals surface area contributed by atoms with Crippen LogP contribution in [-0.4, -0.2) is 95.9 Å². The number of morpholine rings is 1. The number of ether oxygens (including phenoxy) is 1. The molecule has 238 valence electrons. The van der Waals surface area contributed by atoms with Gasteiger partial charge in [0.25, 0.3) is 6.43 Å². The van der Waals surface area contributed by atoms with E-state index in [0.717, 1.165) is 63.6 Å². The van der Waals surface area contributed by atoms with Crippen LogP contribution in [0.5, 0.6) is 0 Å². The molecule has 1 N–H and O–H groups in total. The summed E-state index contributed by atoms with van der Waals surface area (Å²) >= 11 is 0. The number of aromatic nitrogens is 4. The molecule has 1 aromatic carbocycles. The third kappa shape index (κ3) is 6.66. The number of likely N-dealkylation sites (N-methyl/N-ethyl adjacent to an activating group) is 1. The number of likely N-dealkylation sites (tertiary alicyclic amines) is 1. The van der Waals surface area contributed by atoms with Crippen molar-refractivity contribution in [1.82, 2.24) is 29.7 Å². The third-order valence-corrected chi connectivity index (χ3v) is 9.51. The topological polar surface area (TPSA) is 91.7 Å². The minimum absolute atomic E-state index is 0.0144. The quantitative estimate of drug-likeness (QED) is 0.379. The number of imidazole rings is 1. The average Bonchev–Trinajstić information content (AvgIpc) is 3.64. The normalized spacial score (nSPS) is 23.0. The number of hydrogen-bond acceptors (Lipinski definition) is 8. The van der Waals surface area contributed by atoms with Crippen LogP contribution in [0.3, 0.4) is 0 Å². The van der Waals surface area contributed by atoms with E-state index < -0.39 is 6.43 Å². The molecule has 6 rings (SSSR count). The third-order valence-electron chi connectivity index (χ3n) is 9.51. The number of halogens is 2. The van der Waals surface area contributed by atoms with Crippen LogP contribution in [0.1, 0.15) is 62.8 Å². The molecule has 12 heteroatoms. The molecule has 0 radical (unpaired) electrons. The van der Waals surface area contributed by atoms with Crippen LogP contribution in [0.15, 0.2) is 24.3 Å². The maximum absolute atomic E-state index is 14.3. The largest absolute Gasteiger partial charge is 0.378 e. The molecule has 1 amide bonds. The predicted octanol–water partition coefficient (Wildman–Crippen LogP) is 4.49. The van der Waals surface area contributed by atoms with Gasteiger partial charge in [0.2, 0.25) is 11.9 Å². The molecule has 0 spiro atoms. The summed E-state index contributed by atoms with van der Waals surface area (Å²) in [7, 11) is 4.00. The molecule has 3 fully saturated rings. The lowest BCUT2D eigenvalue weighted by Crippen LogP contribution is -2.46. The van der Waals surface area contributed by atoms with Gasteiger partial charge >= 0.3 is 0 Å². The Bertz CT molecular complexity index is 1450. The fourth-order valence-electron chi connectivity index (χ4n) is 6.85. The minimum atomic E-state index is -2.76. The van der Waals surface area contributed by atoms with Crippen molar-refractivity contribution in [3.63, 3.8) is 0 Å². The molecule has 4 heterocycles. The highest BCUT2D eigenvalue weighted by Crippen LogP contribution is 2.31. The van der Waals surface area contributed by atoms with E-state index in [1.807, 2.05) is 38.1 Å². The summed E-state index contributed by atoms with van der Waals surface area (Å²) in [4.78, 5) is 33.1. The zero-order chi connectivity index (χ0) is 30.8. The highest BCUT2D eigenvalue weighted by molar-refractivity contribution is 5.82. The second-order valence-electron chi connectivity index (χ2n) is 12.7. The fraction of sp³-hybridized carbons (Fsp3) is 0.625. The van der Waals surface area contributed by atoms with Gasteiger partial charge in [-0.05, 0) is 89.1 Å². The number of amides is 1. The number of nitrogens with zero attached hydrogens (tertiary/aromatic N) is 7. The summed E-state index contributed by atoms with van der Waals surface area (Å²) < 4.78 is 35.6. The van der Waals surface area contributed by atoms with E-state index in [1.165, 1.54) is 4.57 Å². The zero-order valence-electron chi connectivity index (χ0n) is 26.0. The molecule has 3 aromatic rings. The van der Waals surface area contributed by atoms with E-state index in [-0.39, 0.29) is 23.8 Å². The molecule has 44 heavy (non-hydrogen) atoms. The monoisotopic (exact) mass is 610 g/mol. The van der Waals surface area contributed by atoms with Crippen molar-refractivity contribution < 1.29 is 18.3 Å². The summed E-state index contributed by atoms with van der Waals surface area (Å²) in [5.74, 6) is 1.98. The van der Waals surface area contributed by atoms with Gasteiger partial charge in [-0.2, -0.15) is 9.97 Å². The maximum atomic E-state index is 14.3. The van der Waals surface area contributed by atoms with Crippen molar-refractivity contribution in [3.8, 4) is 5.82 Å². The first-order valence-electron chi connectivity index (χ1n) is 16.0. The van der Waals surface area contributed by atoms with Crippen molar-refractivity contribution in [2.75, 3.05) is 63.3 Å². The Morgan fingerprint density at radius 2 is 1.80 bits per heavy atom. The average molecular weight is 611 g/mol. The van der Waals surface area contributed by atoms with E-state index in [4.69, 9.17) is 14.7 Å². The number of nitrogens with one attached hydrogen (secondary N) is 1. The lowest BCUT2D eigenvalue weighted by Gasteiger charge is -2.32. The molecule has 0 unspecified atom stereocenters. The Hall–Kier alpha value is -3.38. The van der Waals surface area contributed by atoms with Crippen LogP contribution < -0.4 is 15.1 Å². The van der Waals surface area contributed by atoms with Gasteiger partial charge in [0.05, 0.1) is 30.3 Å². The lowest BCUT2D eigenvalue weighted by molar-refractivity contribution is -0.126. The standard InChI is InChI=1S/C32H44F2N8O2/c1-21-6-11-24-26(19-21)42(30(36-24)29(33)34)28-20-27(41-15-17-44-18-16-41)37-32(38-28)40(3)14-12-22-7-9-23(10-8-22)35-31(43)25-5-4-13-39(25)2/h6,11,19-20,22-23,25,29H,4-5,7-10,12-18H2,1-3H3,(H,35,43)/t22?,23?,25-/m0/s1. The van der Waals surface area contributed by atoms with Crippen LogP contribution in [0.2, 0.25) is 0 Å². The highest BCUT2D eigenvalue weighted by Gasteiger charge is 2.31. The Balaban J connectivity index is 1.17. The van der Waals surface area contributed by atoms with Gasteiger partial charge in [-0.1, -0.05) is 6.07 Å². The molecule has 3 aliphatic rings. The van der Waals surface area contributed by atoms with E-state index >= 15 is 0 Å². The van der Waals surface area contributed by atoms with Crippen molar-refractivity contribution in [2.24, 2.45) is 5.92 Å². The number of rotatable bonds is 9. The first kappa shape index (κ1) is 30.6. The second kappa shape index (κ2) is 13.3. The van der Waals surface area contributed by atoms with Gasteiger partial charge in [0.1, 0.15) is 11.6 Å². The Morgan fingerprint density at radius 1 is 1.05 bits per heavy atom. The second-order valence-corrected chi connectivity index (χ2v) is 12.7. The number of anilines is 2. The van der Waals surface area contributed by atoms with Crippen molar-refractivity contribution in [2.45, 2.75) is 70.4 Å². The Morgan fingerprint density at radius 3 is 2.50 bits per heavy atom. The van der Waals surface area contributed by atoms with Gasteiger partial charge in [-0.25, -0.2) is 13.8 Å². The number of benzene rings is 1. The molecule has 0 bridgehead atoms. The van der Waals surface area contributed by atoms with E-state index in [2.05, 4.69) is 20.1 Å². The summed E-state index contributed by atoms with van der Waals surface area (Å²) in [5, 5.41) is 3.30. The molecular weight excluding hydrogens is 566 g/mol. The summed E-state index contributed by atoms with van der Waals surface area (Å²) in [6.07, 6.45) is 4.36. The Labute approximate surface area is 257 Å². The van der Waals surface area contributed by atoms with Gasteiger partial charge in [0, 0.05) is 38.8 Å². The number of fused-ring (bicyclic) bond motifs is 1. The van der Waals surface area contributed by atoms with E-state index in [0.29, 0.717) is 60.8 Å². The molecule has 1 aliphatic carbocycles. The lowest BCUT2D eigenvalue weighted by atomic mass is 9.84. The molecular formula is C32H44F2N8O2. The van der Waals surface area contributed by atoms with Gasteiger partial charge < -0.3 is 19.9 Å². The number of hydrogen-bond donors (Lipinski definition) is 1. The van der Waals surface area contributed by atoms with Crippen LogP contribution in [0.4, 0.5) is 20.5 Å². The van der Waals surface area contributed by atoms with Gasteiger partial charge in [-0.15, -0.1) is 0 Å². The number of aryl methyl sites for hydroxylation is 1. The minimum Gasteiger partial charge on any atom is -0.378 e. The van der Waals surface area contributed by atoms with E-state index in [1.54, 1.807) is 12.1 Å². The van der Waals surface area contributed by atoms with Crippen LogP contribution >= 0.6 is 0 Å². The van der Waals surface area contributed by atoms with Crippen LogP contribution in [0.25, 0.3) is 16.9 Å². The van der Waals surface area contributed by atoms with Crippen LogP contribution in [-0.2, 0) is 9.53 Å². The molecule has 1 saturated carbocycles. The summed E-state index contributed by atoms with van der Waals surface area (Å²) in [6.45, 7) is 6.18. The smallest absolute Gasteiger partial charge is 0.296 e. The summed E-state index contributed by atoms with van der Waals surface area (Å²) in [5.41, 5.74) is 2.07. The van der Waals surface area contributed by atoms with Gasteiger partial charge in [-0.3, -0.25) is 14.3 Å². The molecule has 10 nitrogen and oxygen atoms in total. The number of alkyl halides is 2. The zero-order valence-corrected chi connectivity index (χ0v) is 26.0. The molecule has 2 aromatic heterocycles. The predicted molar refractivity (Wildman–Crippen MR) is 167 cm³/mol. The molecule has 2 aliphatic heterocycles. The molecule has 1 atom stereocenters. The molecule has 2 saturated heterocycles. The highest BCUT2D eigenvalue weighted by atomic mass is 19.3. The van der Waals surface area contributed by atoms with Crippen LogP contribution in [0, 0.1) is 12.8 Å². The van der Waals surface area contributed by atoms with Crippen molar-refractivity contribution in [3.05, 3.63) is 35.7 Å². The first-order chi connectivity index (χ1) is 21.3. The Kier molecular flexibility index (Phi) is 9.27. The fourth-order valence-corrected chi connectivity index (χ4v) is 6.85. The summed E-state index contributed by atoms with van der Waals surface area (Å²) in [6, 6.07) is 7.58. The number of carbonyl (C=O) groups is 1. The van der Waals surface area contributed by atoms with Gasteiger partial charge in [0.15, 0.2) is 5.82 Å². The first-order valence-corrected chi connectivity index (χ1v) is 16.0. The van der Waals surface area contributed by atoms with E-state index in [9.17, 15) is 13.6 Å². The maximum Gasteiger partial charge on any atom is 0.296 e. The van der Waals surface area contributed by atoms with Crippen molar-refractivity contribution >= 4 is 28.7 Å². The van der Waals surface area contributed by atoms with Crippen molar-refractivity contribution in [1.29, 1.82) is 0 Å². The SMILES string of the molecule is Cc1ccc2nc(C(F)F)n(-c3cc(N4CCOCC4)nc(N(C)CCC4CCC(NC(=O)[C@@H]5CCCN5C)CC4)n3)c2c1.